The summed E-state index contributed by atoms with van der Waals surface area (Å²) in [5.74, 6) is 1.47. The van der Waals surface area contributed by atoms with Crippen molar-refractivity contribution in [3.05, 3.63) is 71.8 Å². The smallest absolute Gasteiger partial charge is 0.225 e. The molecule has 0 atom stereocenters. The number of furan rings is 1. The second-order valence-corrected chi connectivity index (χ2v) is 7.45. The van der Waals surface area contributed by atoms with E-state index in [1.54, 1.807) is 17.1 Å². The molecule has 0 fully saturated rings. The number of hydrogen-bond acceptors (Lipinski definition) is 3. The molecule has 5 heteroatoms. The molecular formula is C21H25N3O2. The van der Waals surface area contributed by atoms with Gasteiger partial charge in [-0.1, -0.05) is 45.0 Å². The summed E-state index contributed by atoms with van der Waals surface area (Å²) < 4.78 is 7.06. The van der Waals surface area contributed by atoms with E-state index in [4.69, 9.17) is 4.42 Å². The summed E-state index contributed by atoms with van der Waals surface area (Å²) in [6, 6.07) is 14.1. The predicted octanol–water partition coefficient (Wildman–Crippen LogP) is 4.39. The number of carbonyl (C=O) groups is 1. The summed E-state index contributed by atoms with van der Waals surface area (Å²) in [5, 5.41) is 7.26. The fourth-order valence-electron chi connectivity index (χ4n) is 2.74. The predicted molar refractivity (Wildman–Crippen MR) is 102 cm³/mol. The molecule has 0 saturated carbocycles. The third-order valence-electron chi connectivity index (χ3n) is 4.31. The third-order valence-corrected chi connectivity index (χ3v) is 4.31. The fourth-order valence-corrected chi connectivity index (χ4v) is 2.74. The molecule has 0 aliphatic rings. The standard InChI is InChI=1S/C21H25N3O2/c1-21(2,3)17-8-6-16(7-9-17)15-24-19(12-13-22-24)23-20(25)11-10-18-5-4-14-26-18/h4-9,12-14H,10-11,15H2,1-3H3,(H,23,25). The number of aryl methyl sites for hydroxylation is 1. The molecule has 0 aliphatic carbocycles. The minimum Gasteiger partial charge on any atom is -0.469 e. The fraction of sp³-hybridized carbons (Fsp3) is 0.333. The second kappa shape index (κ2) is 7.60. The van der Waals surface area contributed by atoms with Crippen LogP contribution in [0.4, 0.5) is 5.82 Å². The van der Waals surface area contributed by atoms with Crippen LogP contribution < -0.4 is 5.32 Å². The first kappa shape index (κ1) is 18.0. The largest absolute Gasteiger partial charge is 0.469 e. The number of rotatable bonds is 6. The summed E-state index contributed by atoms with van der Waals surface area (Å²) in [4.78, 5) is 12.2. The molecule has 0 radical (unpaired) electrons. The molecule has 5 nitrogen and oxygen atoms in total. The number of aromatic nitrogens is 2. The van der Waals surface area contributed by atoms with Crippen LogP contribution in [-0.2, 0) is 23.2 Å². The molecular weight excluding hydrogens is 326 g/mol. The van der Waals surface area contributed by atoms with Gasteiger partial charge in [-0.25, -0.2) is 4.68 Å². The van der Waals surface area contributed by atoms with E-state index in [-0.39, 0.29) is 11.3 Å². The number of nitrogens with zero attached hydrogens (tertiary/aromatic N) is 2. The molecule has 2 heterocycles. The van der Waals surface area contributed by atoms with Crippen LogP contribution >= 0.6 is 0 Å². The number of anilines is 1. The molecule has 2 aromatic heterocycles. The van der Waals surface area contributed by atoms with Gasteiger partial charge in [-0.3, -0.25) is 4.79 Å². The van der Waals surface area contributed by atoms with E-state index < -0.39 is 0 Å². The molecule has 3 rings (SSSR count). The minimum absolute atomic E-state index is 0.0498. The van der Waals surface area contributed by atoms with Crippen LogP contribution in [0.5, 0.6) is 0 Å². The van der Waals surface area contributed by atoms with Gasteiger partial charge in [-0.2, -0.15) is 5.10 Å². The van der Waals surface area contributed by atoms with Gasteiger partial charge in [0.05, 0.1) is 19.0 Å². The summed E-state index contributed by atoms with van der Waals surface area (Å²) in [6.45, 7) is 7.22. The van der Waals surface area contributed by atoms with Crippen molar-refractivity contribution in [2.24, 2.45) is 0 Å². The van der Waals surface area contributed by atoms with Gasteiger partial charge in [0.2, 0.25) is 5.91 Å². The average molecular weight is 351 g/mol. The van der Waals surface area contributed by atoms with Crippen LogP contribution in [-0.4, -0.2) is 15.7 Å². The molecule has 0 aliphatic heterocycles. The lowest BCUT2D eigenvalue weighted by Gasteiger charge is -2.19. The Labute approximate surface area is 154 Å². The molecule has 136 valence electrons. The highest BCUT2D eigenvalue weighted by molar-refractivity contribution is 5.89. The molecule has 0 spiro atoms. The number of benzene rings is 1. The Hall–Kier alpha value is -2.82. The van der Waals surface area contributed by atoms with Crippen molar-refractivity contribution < 1.29 is 9.21 Å². The molecule has 3 aromatic rings. The van der Waals surface area contributed by atoms with Gasteiger partial charge in [0.15, 0.2) is 0 Å². The van der Waals surface area contributed by atoms with Crippen LogP contribution in [0.15, 0.2) is 59.3 Å². The Morgan fingerprint density at radius 1 is 1.15 bits per heavy atom. The maximum absolute atomic E-state index is 12.2. The highest BCUT2D eigenvalue weighted by atomic mass is 16.3. The van der Waals surface area contributed by atoms with Crippen LogP contribution in [0, 0.1) is 0 Å². The lowest BCUT2D eigenvalue weighted by molar-refractivity contribution is -0.116. The molecule has 1 N–H and O–H groups in total. The van der Waals surface area contributed by atoms with Crippen molar-refractivity contribution in [3.63, 3.8) is 0 Å². The van der Waals surface area contributed by atoms with Gasteiger partial charge < -0.3 is 9.73 Å². The first-order valence-corrected chi connectivity index (χ1v) is 8.85. The quantitative estimate of drug-likeness (QED) is 0.716. The normalized spacial score (nSPS) is 11.5. The van der Waals surface area contributed by atoms with Gasteiger partial charge in [-0.05, 0) is 28.7 Å². The minimum atomic E-state index is -0.0498. The Bertz CT molecular complexity index is 840. The summed E-state index contributed by atoms with van der Waals surface area (Å²) in [6.07, 6.45) is 4.28. The van der Waals surface area contributed by atoms with E-state index in [0.717, 1.165) is 11.3 Å². The SMILES string of the molecule is CC(C)(C)c1ccc(Cn2nccc2NC(=O)CCc2ccco2)cc1. The van der Waals surface area contributed by atoms with Crippen molar-refractivity contribution >= 4 is 11.7 Å². The van der Waals surface area contributed by atoms with Gasteiger partial charge in [0, 0.05) is 18.9 Å². The maximum atomic E-state index is 12.2. The maximum Gasteiger partial charge on any atom is 0.225 e. The van der Waals surface area contributed by atoms with E-state index >= 15 is 0 Å². The topological polar surface area (TPSA) is 60.1 Å². The number of nitrogens with one attached hydrogen (secondary N) is 1. The Kier molecular flexibility index (Phi) is 5.26. The van der Waals surface area contributed by atoms with Gasteiger partial charge >= 0.3 is 0 Å². The van der Waals surface area contributed by atoms with E-state index in [2.05, 4.69) is 55.5 Å². The second-order valence-electron chi connectivity index (χ2n) is 7.45. The molecule has 0 bridgehead atoms. The average Bonchev–Trinajstić information content (AvgIpc) is 3.25. The molecule has 0 unspecified atom stereocenters. The first-order valence-electron chi connectivity index (χ1n) is 8.85. The van der Waals surface area contributed by atoms with Gasteiger partial charge in [0.25, 0.3) is 0 Å². The molecule has 1 amide bonds. The number of carbonyl (C=O) groups excluding carboxylic acids is 1. The van der Waals surface area contributed by atoms with Crippen LogP contribution in [0.25, 0.3) is 0 Å². The van der Waals surface area contributed by atoms with Crippen LogP contribution in [0.3, 0.4) is 0 Å². The van der Waals surface area contributed by atoms with E-state index in [1.807, 2.05) is 18.2 Å². The lowest BCUT2D eigenvalue weighted by Crippen LogP contribution is -2.16. The monoisotopic (exact) mass is 351 g/mol. The summed E-state index contributed by atoms with van der Waals surface area (Å²) >= 11 is 0. The number of amides is 1. The summed E-state index contributed by atoms with van der Waals surface area (Å²) in [7, 11) is 0. The zero-order valence-corrected chi connectivity index (χ0v) is 15.5. The molecule has 0 saturated heterocycles. The highest BCUT2D eigenvalue weighted by Crippen LogP contribution is 2.22. The van der Waals surface area contributed by atoms with Crippen molar-refractivity contribution in [2.45, 2.75) is 45.6 Å². The van der Waals surface area contributed by atoms with Crippen LogP contribution in [0.2, 0.25) is 0 Å². The Balaban J connectivity index is 1.60. The van der Waals surface area contributed by atoms with Gasteiger partial charge in [-0.15, -0.1) is 0 Å². The van der Waals surface area contributed by atoms with Gasteiger partial charge in [0.1, 0.15) is 11.6 Å². The Morgan fingerprint density at radius 2 is 1.92 bits per heavy atom. The van der Waals surface area contributed by atoms with E-state index in [0.29, 0.717) is 25.2 Å². The zero-order valence-electron chi connectivity index (χ0n) is 15.5. The first-order chi connectivity index (χ1) is 12.4. The lowest BCUT2D eigenvalue weighted by atomic mass is 9.87. The van der Waals surface area contributed by atoms with E-state index in [9.17, 15) is 4.79 Å². The zero-order chi connectivity index (χ0) is 18.6. The highest BCUT2D eigenvalue weighted by Gasteiger charge is 2.13. The third kappa shape index (κ3) is 4.63. The van der Waals surface area contributed by atoms with Crippen molar-refractivity contribution in [1.29, 1.82) is 0 Å². The molecule has 1 aromatic carbocycles. The van der Waals surface area contributed by atoms with Crippen molar-refractivity contribution in [3.8, 4) is 0 Å². The van der Waals surface area contributed by atoms with Crippen molar-refractivity contribution in [1.82, 2.24) is 9.78 Å². The number of hydrogen-bond donors (Lipinski definition) is 1. The van der Waals surface area contributed by atoms with Crippen molar-refractivity contribution in [2.75, 3.05) is 5.32 Å². The molecule has 26 heavy (non-hydrogen) atoms. The Morgan fingerprint density at radius 3 is 2.58 bits per heavy atom. The summed E-state index contributed by atoms with van der Waals surface area (Å²) in [5.41, 5.74) is 2.58. The van der Waals surface area contributed by atoms with E-state index in [1.165, 1.54) is 5.56 Å². The van der Waals surface area contributed by atoms with Crippen LogP contribution in [0.1, 0.15) is 44.1 Å².